The maximum Gasteiger partial charge on any atom is 0.339 e. The number of esters is 2. The quantitative estimate of drug-likeness (QED) is 0.366. The number of nitrogens with zero attached hydrogens (tertiary/aromatic N) is 2. The van der Waals surface area contributed by atoms with E-state index in [1.807, 2.05) is 0 Å². The fourth-order valence-electron chi connectivity index (χ4n) is 2.45. The van der Waals surface area contributed by atoms with Gasteiger partial charge in [-0.3, -0.25) is 0 Å². The Balaban J connectivity index is 2.55. The van der Waals surface area contributed by atoms with E-state index in [4.69, 9.17) is 9.47 Å². The molecule has 0 bridgehead atoms. The van der Waals surface area contributed by atoms with Crippen LogP contribution < -0.4 is 0 Å². The highest BCUT2D eigenvalue weighted by Crippen LogP contribution is 2.29. The van der Waals surface area contributed by atoms with Crippen molar-refractivity contribution in [2.45, 2.75) is 59.7 Å². The van der Waals surface area contributed by atoms with Crippen molar-refractivity contribution >= 4 is 43.8 Å². The van der Waals surface area contributed by atoms with Gasteiger partial charge in [0.25, 0.3) is 0 Å². The second kappa shape index (κ2) is 8.52. The lowest BCUT2D eigenvalue weighted by Gasteiger charge is -2.21. The van der Waals surface area contributed by atoms with Crippen molar-refractivity contribution in [1.82, 2.24) is 9.97 Å². The number of carbonyl (C=O) groups excluding carboxylic acids is 2. The van der Waals surface area contributed by atoms with Crippen LogP contribution in [0.1, 0.15) is 67.8 Å². The molecule has 6 nitrogen and oxygen atoms in total. The molecule has 29 heavy (non-hydrogen) atoms. The van der Waals surface area contributed by atoms with Gasteiger partial charge in [0.1, 0.15) is 20.4 Å². The second-order valence-corrected chi connectivity index (χ2v) is 10.2. The molecule has 156 valence electrons. The number of hydrogen-bond acceptors (Lipinski definition) is 6. The van der Waals surface area contributed by atoms with Crippen LogP contribution >= 0.6 is 31.9 Å². The summed E-state index contributed by atoms with van der Waals surface area (Å²) in [5.74, 6) is -0.927. The van der Waals surface area contributed by atoms with Crippen molar-refractivity contribution < 1.29 is 19.1 Å². The Morgan fingerprint density at radius 1 is 0.828 bits per heavy atom. The van der Waals surface area contributed by atoms with E-state index in [0.29, 0.717) is 37.3 Å². The molecule has 2 aromatic heterocycles. The fraction of sp³-hybridized carbons (Fsp3) is 0.429. The molecule has 0 saturated carbocycles. The van der Waals surface area contributed by atoms with Gasteiger partial charge >= 0.3 is 11.9 Å². The van der Waals surface area contributed by atoms with Gasteiger partial charge in [-0.2, -0.15) is 0 Å². The van der Waals surface area contributed by atoms with Crippen LogP contribution in [0.25, 0.3) is 11.4 Å². The van der Waals surface area contributed by atoms with E-state index in [1.54, 1.807) is 66.7 Å². The van der Waals surface area contributed by atoms with Crippen LogP contribution in [-0.4, -0.2) is 33.1 Å². The minimum Gasteiger partial charge on any atom is -0.456 e. The summed E-state index contributed by atoms with van der Waals surface area (Å²) in [4.78, 5) is 34.1. The van der Waals surface area contributed by atoms with Gasteiger partial charge in [0.2, 0.25) is 0 Å². The van der Waals surface area contributed by atoms with Gasteiger partial charge in [0.05, 0.1) is 22.5 Å². The molecule has 0 aliphatic rings. The number of halogens is 2. The molecule has 0 aliphatic heterocycles. The third kappa shape index (κ3) is 6.60. The van der Waals surface area contributed by atoms with Crippen LogP contribution in [0.2, 0.25) is 0 Å². The number of carbonyl (C=O) groups is 2. The number of hydrogen-bond donors (Lipinski definition) is 0. The van der Waals surface area contributed by atoms with Gasteiger partial charge in [0.15, 0.2) is 0 Å². The van der Waals surface area contributed by atoms with Crippen molar-refractivity contribution in [2.75, 3.05) is 0 Å². The average Bonchev–Trinajstić information content (AvgIpc) is 2.52. The van der Waals surface area contributed by atoms with Crippen molar-refractivity contribution in [3.8, 4) is 11.4 Å². The lowest BCUT2D eigenvalue weighted by Crippen LogP contribution is -2.24. The van der Waals surface area contributed by atoms with E-state index in [9.17, 15) is 9.59 Å². The third-order valence-electron chi connectivity index (χ3n) is 3.53. The van der Waals surface area contributed by atoms with Crippen LogP contribution in [0.4, 0.5) is 0 Å². The largest absolute Gasteiger partial charge is 0.456 e. The molecule has 0 aliphatic carbocycles. The molecule has 8 heteroatoms. The van der Waals surface area contributed by atoms with Crippen molar-refractivity contribution in [3.63, 3.8) is 0 Å². The van der Waals surface area contributed by atoms with Crippen LogP contribution in [0, 0.1) is 6.92 Å². The molecular weight excluding hydrogens is 504 g/mol. The number of rotatable bonds is 3. The predicted octanol–water partition coefficient (Wildman–Crippen LogP) is 5.89. The van der Waals surface area contributed by atoms with E-state index in [0.717, 1.165) is 0 Å². The molecule has 0 radical (unpaired) electrons. The zero-order chi connectivity index (χ0) is 22.1. The summed E-state index contributed by atoms with van der Waals surface area (Å²) < 4.78 is 11.9. The monoisotopic (exact) mass is 526 g/mol. The molecule has 2 rings (SSSR count). The topological polar surface area (TPSA) is 78.4 Å². The Labute approximate surface area is 187 Å². The zero-order valence-electron chi connectivity index (χ0n) is 17.5. The predicted molar refractivity (Wildman–Crippen MR) is 118 cm³/mol. The summed E-state index contributed by atoms with van der Waals surface area (Å²) in [6, 6.07) is 4.79. The fourth-order valence-corrected chi connectivity index (χ4v) is 3.29. The lowest BCUT2D eigenvalue weighted by atomic mass is 10.0. The van der Waals surface area contributed by atoms with Gasteiger partial charge in [0, 0.05) is 0 Å². The summed E-state index contributed by atoms with van der Waals surface area (Å²) in [6.45, 7) is 12.6. The van der Waals surface area contributed by atoms with Crippen molar-refractivity contribution in [2.24, 2.45) is 0 Å². The number of pyridine rings is 2. The van der Waals surface area contributed by atoms with Crippen LogP contribution in [0.3, 0.4) is 0 Å². The standard InChI is InChI=1S/C21H24Br2N2O4/c1-11-13(19(27)29-21(5,6)7)10-16(23)25-17(11)14-8-12(9-15(22)24-14)18(26)28-20(2,3)4/h8-10H,1-7H3. The molecule has 2 heterocycles. The van der Waals surface area contributed by atoms with E-state index in [2.05, 4.69) is 41.8 Å². The van der Waals surface area contributed by atoms with Gasteiger partial charge in [-0.15, -0.1) is 0 Å². The Hall–Kier alpha value is -1.80. The number of aromatic nitrogens is 2. The smallest absolute Gasteiger partial charge is 0.339 e. The van der Waals surface area contributed by atoms with Crippen LogP contribution in [0.5, 0.6) is 0 Å². The van der Waals surface area contributed by atoms with Crippen molar-refractivity contribution in [1.29, 1.82) is 0 Å². The van der Waals surface area contributed by atoms with E-state index in [-0.39, 0.29) is 0 Å². The van der Waals surface area contributed by atoms with Gasteiger partial charge in [-0.25, -0.2) is 19.6 Å². The Bertz CT molecular complexity index is 960. The van der Waals surface area contributed by atoms with Crippen LogP contribution in [0.15, 0.2) is 27.4 Å². The molecule has 0 aromatic carbocycles. The summed E-state index contributed by atoms with van der Waals surface area (Å²) in [6.07, 6.45) is 0. The zero-order valence-corrected chi connectivity index (χ0v) is 20.7. The Morgan fingerprint density at radius 3 is 1.90 bits per heavy atom. The summed E-state index contributed by atoms with van der Waals surface area (Å²) in [5, 5.41) is 0. The van der Waals surface area contributed by atoms with Crippen LogP contribution in [-0.2, 0) is 9.47 Å². The van der Waals surface area contributed by atoms with Gasteiger partial charge in [-0.05, 0) is 104 Å². The molecule has 0 atom stereocenters. The maximum absolute atomic E-state index is 12.6. The highest BCUT2D eigenvalue weighted by Gasteiger charge is 2.24. The SMILES string of the molecule is Cc1c(C(=O)OC(C)(C)C)cc(Br)nc1-c1cc(C(=O)OC(C)(C)C)cc(Br)n1. The lowest BCUT2D eigenvalue weighted by molar-refractivity contribution is 0.00561. The number of ether oxygens (including phenoxy) is 2. The third-order valence-corrected chi connectivity index (χ3v) is 4.34. The first-order valence-corrected chi connectivity index (χ1v) is 10.6. The molecule has 0 fully saturated rings. The van der Waals surface area contributed by atoms with Gasteiger partial charge < -0.3 is 9.47 Å². The minimum absolute atomic E-state index is 0.330. The van der Waals surface area contributed by atoms with E-state index >= 15 is 0 Å². The second-order valence-electron chi connectivity index (χ2n) is 8.53. The highest BCUT2D eigenvalue weighted by atomic mass is 79.9. The highest BCUT2D eigenvalue weighted by molar-refractivity contribution is 9.10. The molecule has 0 amide bonds. The van der Waals surface area contributed by atoms with Gasteiger partial charge in [-0.1, -0.05) is 0 Å². The minimum atomic E-state index is -0.628. The summed E-state index contributed by atoms with van der Waals surface area (Å²) in [5.41, 5.74) is 0.950. The molecule has 0 saturated heterocycles. The van der Waals surface area contributed by atoms with Crippen molar-refractivity contribution in [3.05, 3.63) is 44.1 Å². The molecule has 0 N–H and O–H groups in total. The average molecular weight is 528 g/mol. The maximum atomic E-state index is 12.6. The molecule has 2 aromatic rings. The first-order valence-electron chi connectivity index (χ1n) is 8.98. The summed E-state index contributed by atoms with van der Waals surface area (Å²) in [7, 11) is 0. The normalized spacial score (nSPS) is 11.9. The Morgan fingerprint density at radius 2 is 1.34 bits per heavy atom. The Kier molecular flexibility index (Phi) is 6.89. The van der Waals surface area contributed by atoms with E-state index in [1.165, 1.54) is 0 Å². The molecule has 0 spiro atoms. The molecule has 0 unspecified atom stereocenters. The first kappa shape index (κ1) is 23.5. The first-order chi connectivity index (χ1) is 13.2. The van der Waals surface area contributed by atoms with E-state index < -0.39 is 23.1 Å². The molecular formula is C21H24Br2N2O4. The summed E-state index contributed by atoms with van der Waals surface area (Å²) >= 11 is 6.69.